The predicted octanol–water partition coefficient (Wildman–Crippen LogP) is 2.91. The van der Waals surface area contributed by atoms with Gasteiger partial charge in [-0.3, -0.25) is 4.79 Å². The van der Waals surface area contributed by atoms with Gasteiger partial charge in [0.15, 0.2) is 5.79 Å². The van der Waals surface area contributed by atoms with Crippen LogP contribution in [0.2, 0.25) is 0 Å². The Morgan fingerprint density at radius 1 is 1.26 bits per heavy atom. The van der Waals surface area contributed by atoms with Gasteiger partial charge < -0.3 is 14.8 Å². The van der Waals surface area contributed by atoms with E-state index in [0.29, 0.717) is 31.5 Å². The highest BCUT2D eigenvalue weighted by molar-refractivity contribution is 5.78. The first-order valence-electron chi connectivity index (χ1n) is 8.78. The highest BCUT2D eigenvalue weighted by atomic mass is 16.7. The summed E-state index contributed by atoms with van der Waals surface area (Å²) in [7, 11) is 0. The molecule has 4 heteroatoms. The maximum absolute atomic E-state index is 12.0. The minimum atomic E-state index is -0.350. The van der Waals surface area contributed by atoms with Crippen molar-refractivity contribution in [2.75, 3.05) is 19.8 Å². The normalized spacial score (nSPS) is 26.3. The first kappa shape index (κ1) is 16.5. The molecule has 1 aliphatic heterocycles. The molecule has 126 valence electrons. The molecule has 1 aromatic carbocycles. The zero-order valence-corrected chi connectivity index (χ0v) is 13.9. The molecule has 2 aliphatic rings. The number of ether oxygens (including phenoxy) is 2. The van der Waals surface area contributed by atoms with E-state index in [0.717, 1.165) is 31.4 Å². The second kappa shape index (κ2) is 7.45. The highest BCUT2D eigenvalue weighted by Crippen LogP contribution is 2.44. The van der Waals surface area contributed by atoms with Gasteiger partial charge in [-0.15, -0.1) is 0 Å². The molecule has 0 aromatic heterocycles. The van der Waals surface area contributed by atoms with E-state index in [1.165, 1.54) is 6.42 Å². The molecule has 2 fully saturated rings. The minimum absolute atomic E-state index is 0.0998. The molecule has 4 nitrogen and oxygen atoms in total. The zero-order valence-electron chi connectivity index (χ0n) is 13.9. The number of benzene rings is 1. The Balaban J connectivity index is 1.44. The SMILES string of the molecule is C[C@H]1[C@H](CCNC(=O)Cc2ccccc2)CCCC12OCCO2. The summed E-state index contributed by atoms with van der Waals surface area (Å²) < 4.78 is 11.8. The minimum Gasteiger partial charge on any atom is -0.356 e. The lowest BCUT2D eigenvalue weighted by Crippen LogP contribution is -2.45. The summed E-state index contributed by atoms with van der Waals surface area (Å²) in [4.78, 5) is 12.0. The van der Waals surface area contributed by atoms with Crippen LogP contribution in [0.4, 0.5) is 0 Å². The van der Waals surface area contributed by atoms with Crippen LogP contribution in [0, 0.1) is 11.8 Å². The van der Waals surface area contributed by atoms with E-state index in [4.69, 9.17) is 9.47 Å². The van der Waals surface area contributed by atoms with Crippen molar-refractivity contribution in [2.45, 2.75) is 44.8 Å². The van der Waals surface area contributed by atoms with E-state index >= 15 is 0 Å². The van der Waals surface area contributed by atoms with E-state index in [9.17, 15) is 4.79 Å². The van der Waals surface area contributed by atoms with E-state index in [1.54, 1.807) is 0 Å². The van der Waals surface area contributed by atoms with Gasteiger partial charge >= 0.3 is 0 Å². The molecule has 1 saturated heterocycles. The summed E-state index contributed by atoms with van der Waals surface area (Å²) in [5.74, 6) is 0.697. The summed E-state index contributed by atoms with van der Waals surface area (Å²) in [5.41, 5.74) is 1.06. The van der Waals surface area contributed by atoms with Crippen LogP contribution in [0.3, 0.4) is 0 Å². The summed E-state index contributed by atoms with van der Waals surface area (Å²) in [5, 5.41) is 3.06. The number of rotatable bonds is 5. The van der Waals surface area contributed by atoms with Crippen molar-refractivity contribution in [1.82, 2.24) is 5.32 Å². The molecule has 1 aliphatic carbocycles. The van der Waals surface area contributed by atoms with Gasteiger partial charge in [0.05, 0.1) is 19.6 Å². The quantitative estimate of drug-likeness (QED) is 0.908. The smallest absolute Gasteiger partial charge is 0.224 e. The fourth-order valence-electron chi connectivity index (χ4n) is 3.96. The number of amides is 1. The summed E-state index contributed by atoms with van der Waals surface area (Å²) in [6, 6.07) is 9.87. The maximum Gasteiger partial charge on any atom is 0.224 e. The monoisotopic (exact) mass is 317 g/mol. The molecule has 1 spiro atoms. The second-order valence-corrected chi connectivity index (χ2v) is 6.75. The van der Waals surface area contributed by atoms with Gasteiger partial charge in [0.2, 0.25) is 5.91 Å². The van der Waals surface area contributed by atoms with Crippen LogP contribution in [-0.4, -0.2) is 31.5 Å². The van der Waals surface area contributed by atoms with Gasteiger partial charge in [-0.2, -0.15) is 0 Å². The van der Waals surface area contributed by atoms with Gasteiger partial charge in [0.1, 0.15) is 0 Å². The Hall–Kier alpha value is -1.39. The molecule has 0 bridgehead atoms. The van der Waals surface area contributed by atoms with Crippen LogP contribution in [0.1, 0.15) is 38.2 Å². The summed E-state index contributed by atoms with van der Waals surface area (Å²) in [6.45, 7) is 4.40. The van der Waals surface area contributed by atoms with Crippen LogP contribution in [0.25, 0.3) is 0 Å². The Morgan fingerprint density at radius 3 is 2.74 bits per heavy atom. The van der Waals surface area contributed by atoms with Crippen LogP contribution in [0.5, 0.6) is 0 Å². The summed E-state index contributed by atoms with van der Waals surface area (Å²) in [6.07, 6.45) is 4.80. The van der Waals surface area contributed by atoms with Crippen molar-refractivity contribution in [3.05, 3.63) is 35.9 Å². The molecule has 0 radical (unpaired) electrons. The van der Waals surface area contributed by atoms with Gasteiger partial charge in [-0.1, -0.05) is 37.3 Å². The van der Waals surface area contributed by atoms with Crippen molar-refractivity contribution in [3.8, 4) is 0 Å². The largest absolute Gasteiger partial charge is 0.356 e. The zero-order chi connectivity index (χ0) is 16.1. The standard InChI is InChI=1S/C19H27NO3/c1-15-17(8-5-10-19(15)22-12-13-23-19)9-11-20-18(21)14-16-6-3-2-4-7-16/h2-4,6-7,15,17H,5,8-14H2,1H3,(H,20,21)/t15-,17-/m0/s1. The van der Waals surface area contributed by atoms with Crippen LogP contribution in [0.15, 0.2) is 30.3 Å². The van der Waals surface area contributed by atoms with Crippen LogP contribution >= 0.6 is 0 Å². The van der Waals surface area contributed by atoms with Crippen molar-refractivity contribution < 1.29 is 14.3 Å². The number of hydrogen-bond donors (Lipinski definition) is 1. The van der Waals surface area contributed by atoms with Gasteiger partial charge in [0, 0.05) is 18.9 Å². The third kappa shape index (κ3) is 3.93. The Kier molecular flexibility index (Phi) is 5.34. The van der Waals surface area contributed by atoms with E-state index in [2.05, 4.69) is 12.2 Å². The van der Waals surface area contributed by atoms with Crippen LogP contribution < -0.4 is 5.32 Å². The van der Waals surface area contributed by atoms with Gasteiger partial charge in [-0.05, 0) is 30.7 Å². The highest BCUT2D eigenvalue weighted by Gasteiger charge is 2.47. The lowest BCUT2D eigenvalue weighted by Gasteiger charge is -2.42. The molecule has 0 unspecified atom stereocenters. The average Bonchev–Trinajstić information content (AvgIpc) is 3.02. The Morgan fingerprint density at radius 2 is 2.00 bits per heavy atom. The summed E-state index contributed by atoms with van der Waals surface area (Å²) >= 11 is 0. The van der Waals surface area contributed by atoms with E-state index in [1.807, 2.05) is 30.3 Å². The van der Waals surface area contributed by atoms with Crippen LogP contribution in [-0.2, 0) is 20.7 Å². The first-order valence-corrected chi connectivity index (χ1v) is 8.78. The molecule has 23 heavy (non-hydrogen) atoms. The molecule has 1 amide bonds. The van der Waals surface area contributed by atoms with Crippen molar-refractivity contribution >= 4 is 5.91 Å². The van der Waals surface area contributed by atoms with Gasteiger partial charge in [-0.25, -0.2) is 0 Å². The maximum atomic E-state index is 12.0. The average molecular weight is 317 g/mol. The molecule has 1 N–H and O–H groups in total. The van der Waals surface area contributed by atoms with E-state index < -0.39 is 0 Å². The number of carbonyl (C=O) groups is 1. The number of hydrogen-bond acceptors (Lipinski definition) is 3. The second-order valence-electron chi connectivity index (χ2n) is 6.75. The Bertz CT molecular complexity index is 511. The Labute approximate surface area is 138 Å². The van der Waals surface area contributed by atoms with E-state index in [-0.39, 0.29) is 11.7 Å². The predicted molar refractivity (Wildman–Crippen MR) is 88.9 cm³/mol. The first-order chi connectivity index (χ1) is 11.2. The molecule has 1 saturated carbocycles. The number of nitrogens with one attached hydrogen (secondary N) is 1. The van der Waals surface area contributed by atoms with Crippen molar-refractivity contribution in [1.29, 1.82) is 0 Å². The molecular formula is C19H27NO3. The molecule has 3 rings (SSSR count). The fraction of sp³-hybridized carbons (Fsp3) is 0.632. The third-order valence-electron chi connectivity index (χ3n) is 5.32. The molecular weight excluding hydrogens is 290 g/mol. The molecule has 1 heterocycles. The van der Waals surface area contributed by atoms with Crippen molar-refractivity contribution in [3.63, 3.8) is 0 Å². The molecule has 1 aromatic rings. The lowest BCUT2D eigenvalue weighted by molar-refractivity contribution is -0.221. The lowest BCUT2D eigenvalue weighted by atomic mass is 9.74. The van der Waals surface area contributed by atoms with Crippen molar-refractivity contribution in [2.24, 2.45) is 11.8 Å². The third-order valence-corrected chi connectivity index (χ3v) is 5.32. The number of carbonyl (C=O) groups excluding carboxylic acids is 1. The molecule has 2 atom stereocenters. The fourth-order valence-corrected chi connectivity index (χ4v) is 3.96. The van der Waals surface area contributed by atoms with Gasteiger partial charge in [0.25, 0.3) is 0 Å². The topological polar surface area (TPSA) is 47.6 Å².